The Morgan fingerprint density at radius 3 is 2.39 bits per heavy atom. The number of carbonyl (C=O) groups is 2. The SMILES string of the molecule is CCOc1ccc(C(=O)c2c(NC(=O)c3cc(-c4ccc(OC)cc4)on3)oc3ccccc23)cc1. The standard InChI is InChI=1S/C28H22N2O6/c1-3-34-20-14-10-18(11-15-20)26(31)25-21-6-4-5-7-23(21)35-28(25)29-27(32)22-16-24(36-30-22)17-8-12-19(33-2)13-9-17/h4-16H,3H2,1-2H3,(H,29,32). The molecular weight excluding hydrogens is 460 g/mol. The second kappa shape index (κ2) is 9.79. The molecule has 0 unspecified atom stereocenters. The van der Waals surface area contributed by atoms with Crippen LogP contribution in [0.4, 0.5) is 5.88 Å². The number of hydrogen-bond donors (Lipinski definition) is 1. The van der Waals surface area contributed by atoms with E-state index in [1.165, 1.54) is 6.07 Å². The number of fused-ring (bicyclic) bond motifs is 1. The summed E-state index contributed by atoms with van der Waals surface area (Å²) in [6, 6.07) is 22.6. The van der Waals surface area contributed by atoms with Crippen molar-refractivity contribution in [2.24, 2.45) is 0 Å². The Kier molecular flexibility index (Phi) is 6.23. The highest BCUT2D eigenvalue weighted by Gasteiger charge is 2.25. The van der Waals surface area contributed by atoms with Gasteiger partial charge >= 0.3 is 0 Å². The first-order chi connectivity index (χ1) is 17.6. The molecule has 0 atom stereocenters. The molecule has 0 aliphatic carbocycles. The molecule has 0 aliphatic heterocycles. The Balaban J connectivity index is 1.44. The second-order valence-corrected chi connectivity index (χ2v) is 7.85. The summed E-state index contributed by atoms with van der Waals surface area (Å²) in [6.07, 6.45) is 0. The third-order valence-electron chi connectivity index (χ3n) is 5.59. The number of methoxy groups -OCH3 is 1. The van der Waals surface area contributed by atoms with E-state index >= 15 is 0 Å². The molecule has 1 N–H and O–H groups in total. The van der Waals surface area contributed by atoms with Crippen molar-refractivity contribution in [2.75, 3.05) is 19.0 Å². The number of anilines is 1. The van der Waals surface area contributed by atoms with E-state index in [1.54, 1.807) is 79.9 Å². The predicted octanol–water partition coefficient (Wildman–Crippen LogP) is 5.98. The molecule has 1 amide bonds. The number of ketones is 1. The number of nitrogens with zero attached hydrogens (tertiary/aromatic N) is 1. The van der Waals surface area contributed by atoms with Crippen LogP contribution in [0.1, 0.15) is 33.3 Å². The van der Waals surface area contributed by atoms with E-state index in [4.69, 9.17) is 18.4 Å². The minimum Gasteiger partial charge on any atom is -0.497 e. The lowest BCUT2D eigenvalue weighted by Crippen LogP contribution is -2.14. The highest BCUT2D eigenvalue weighted by molar-refractivity contribution is 6.21. The molecule has 0 saturated carbocycles. The minimum atomic E-state index is -0.571. The molecule has 3 aromatic carbocycles. The van der Waals surface area contributed by atoms with Crippen LogP contribution in [0, 0.1) is 0 Å². The first-order valence-corrected chi connectivity index (χ1v) is 11.3. The zero-order valence-corrected chi connectivity index (χ0v) is 19.6. The summed E-state index contributed by atoms with van der Waals surface area (Å²) in [5.41, 5.74) is 1.94. The van der Waals surface area contributed by atoms with Crippen LogP contribution >= 0.6 is 0 Å². The molecule has 2 aromatic heterocycles. The maximum atomic E-state index is 13.5. The number of ether oxygens (including phenoxy) is 2. The summed E-state index contributed by atoms with van der Waals surface area (Å²) >= 11 is 0. The van der Waals surface area contributed by atoms with Crippen molar-refractivity contribution in [2.45, 2.75) is 6.92 Å². The van der Waals surface area contributed by atoms with Gasteiger partial charge in [-0.25, -0.2) is 0 Å². The maximum absolute atomic E-state index is 13.5. The van der Waals surface area contributed by atoms with E-state index in [-0.39, 0.29) is 22.9 Å². The Morgan fingerprint density at radius 1 is 0.944 bits per heavy atom. The fourth-order valence-electron chi connectivity index (χ4n) is 3.81. The normalized spacial score (nSPS) is 10.8. The van der Waals surface area contributed by atoms with Gasteiger partial charge in [0.2, 0.25) is 5.88 Å². The first kappa shape index (κ1) is 22.9. The van der Waals surface area contributed by atoms with Crippen molar-refractivity contribution in [3.8, 4) is 22.8 Å². The van der Waals surface area contributed by atoms with Gasteiger partial charge in [0.1, 0.15) is 17.1 Å². The van der Waals surface area contributed by atoms with Gasteiger partial charge in [0.15, 0.2) is 17.2 Å². The summed E-state index contributed by atoms with van der Waals surface area (Å²) in [6.45, 7) is 2.42. The Morgan fingerprint density at radius 2 is 1.67 bits per heavy atom. The Hall–Kier alpha value is -4.85. The van der Waals surface area contributed by atoms with E-state index < -0.39 is 5.91 Å². The topological polar surface area (TPSA) is 104 Å². The van der Waals surface area contributed by atoms with Gasteiger partial charge in [0, 0.05) is 22.6 Å². The third-order valence-corrected chi connectivity index (χ3v) is 5.59. The third kappa shape index (κ3) is 4.44. The van der Waals surface area contributed by atoms with Gasteiger partial charge in [-0.05, 0) is 61.5 Å². The number of para-hydroxylation sites is 1. The van der Waals surface area contributed by atoms with Gasteiger partial charge < -0.3 is 18.4 Å². The summed E-state index contributed by atoms with van der Waals surface area (Å²) in [5, 5.41) is 7.16. The van der Waals surface area contributed by atoms with Crippen LogP contribution in [0.3, 0.4) is 0 Å². The van der Waals surface area contributed by atoms with Crippen molar-refractivity contribution >= 4 is 28.5 Å². The van der Waals surface area contributed by atoms with Crippen molar-refractivity contribution in [1.29, 1.82) is 0 Å². The monoisotopic (exact) mass is 482 g/mol. The molecular formula is C28H22N2O6. The van der Waals surface area contributed by atoms with Crippen molar-refractivity contribution in [3.05, 3.63) is 95.7 Å². The van der Waals surface area contributed by atoms with Crippen molar-refractivity contribution in [1.82, 2.24) is 5.16 Å². The zero-order chi connectivity index (χ0) is 25.1. The van der Waals surface area contributed by atoms with Crippen molar-refractivity contribution < 1.29 is 28.0 Å². The maximum Gasteiger partial charge on any atom is 0.280 e. The number of benzene rings is 3. The van der Waals surface area contributed by atoms with E-state index in [9.17, 15) is 9.59 Å². The average Bonchev–Trinajstić information content (AvgIpc) is 3.54. The highest BCUT2D eigenvalue weighted by atomic mass is 16.5. The van der Waals surface area contributed by atoms with Crippen LogP contribution < -0.4 is 14.8 Å². The van der Waals surface area contributed by atoms with Crippen LogP contribution in [0.25, 0.3) is 22.3 Å². The molecule has 0 spiro atoms. The molecule has 5 aromatic rings. The molecule has 0 fully saturated rings. The number of nitrogens with one attached hydrogen (secondary N) is 1. The quantitative estimate of drug-likeness (QED) is 0.271. The summed E-state index contributed by atoms with van der Waals surface area (Å²) in [7, 11) is 1.58. The lowest BCUT2D eigenvalue weighted by molar-refractivity contribution is 0.101. The number of amides is 1. The molecule has 180 valence electrons. The molecule has 2 heterocycles. The largest absolute Gasteiger partial charge is 0.497 e. The lowest BCUT2D eigenvalue weighted by Gasteiger charge is -2.06. The number of carbonyl (C=O) groups excluding carboxylic acids is 2. The molecule has 8 heteroatoms. The number of aromatic nitrogens is 1. The number of rotatable bonds is 8. The van der Waals surface area contributed by atoms with E-state index in [2.05, 4.69) is 10.5 Å². The lowest BCUT2D eigenvalue weighted by atomic mass is 10.0. The molecule has 5 rings (SSSR count). The van der Waals surface area contributed by atoms with Crippen LogP contribution in [-0.4, -0.2) is 30.6 Å². The fraction of sp³-hybridized carbons (Fsp3) is 0.107. The molecule has 0 aliphatic rings. The van der Waals surface area contributed by atoms with Gasteiger partial charge in [-0.2, -0.15) is 0 Å². The molecule has 36 heavy (non-hydrogen) atoms. The van der Waals surface area contributed by atoms with E-state index in [1.807, 2.05) is 6.92 Å². The Labute approximate surface area is 206 Å². The minimum absolute atomic E-state index is 0.0362. The van der Waals surface area contributed by atoms with Gasteiger partial charge in [-0.3, -0.25) is 14.9 Å². The van der Waals surface area contributed by atoms with Crippen LogP contribution in [0.15, 0.2) is 87.8 Å². The first-order valence-electron chi connectivity index (χ1n) is 11.3. The summed E-state index contributed by atoms with van der Waals surface area (Å²) < 4.78 is 21.9. The second-order valence-electron chi connectivity index (χ2n) is 7.85. The van der Waals surface area contributed by atoms with Crippen LogP contribution in [0.2, 0.25) is 0 Å². The molecule has 0 bridgehead atoms. The Bertz CT molecular complexity index is 1530. The average molecular weight is 482 g/mol. The fourth-order valence-corrected chi connectivity index (χ4v) is 3.81. The van der Waals surface area contributed by atoms with Gasteiger partial charge in [-0.1, -0.05) is 23.4 Å². The molecule has 8 nitrogen and oxygen atoms in total. The smallest absolute Gasteiger partial charge is 0.280 e. The zero-order valence-electron chi connectivity index (χ0n) is 19.6. The van der Waals surface area contributed by atoms with Gasteiger partial charge in [0.05, 0.1) is 19.3 Å². The molecule has 0 saturated heterocycles. The highest BCUT2D eigenvalue weighted by Crippen LogP contribution is 2.33. The van der Waals surface area contributed by atoms with E-state index in [0.29, 0.717) is 40.4 Å². The van der Waals surface area contributed by atoms with Gasteiger partial charge in [0.25, 0.3) is 5.91 Å². The number of furan rings is 1. The predicted molar refractivity (Wildman–Crippen MR) is 134 cm³/mol. The van der Waals surface area contributed by atoms with Crippen molar-refractivity contribution in [3.63, 3.8) is 0 Å². The van der Waals surface area contributed by atoms with Gasteiger partial charge in [-0.15, -0.1) is 0 Å². The van der Waals surface area contributed by atoms with E-state index in [0.717, 1.165) is 5.56 Å². The number of hydrogen-bond acceptors (Lipinski definition) is 7. The van der Waals surface area contributed by atoms with Crippen LogP contribution in [-0.2, 0) is 0 Å². The summed E-state index contributed by atoms with van der Waals surface area (Å²) in [5.74, 6) is 0.951. The summed E-state index contributed by atoms with van der Waals surface area (Å²) in [4.78, 5) is 26.5. The van der Waals surface area contributed by atoms with Crippen LogP contribution in [0.5, 0.6) is 11.5 Å². The molecule has 0 radical (unpaired) electrons.